The van der Waals surface area contributed by atoms with Crippen LogP contribution in [-0.4, -0.2) is 4.92 Å². The van der Waals surface area contributed by atoms with E-state index < -0.39 is 4.92 Å². The molecule has 0 saturated heterocycles. The highest BCUT2D eigenvalue weighted by molar-refractivity contribution is 5.41. The summed E-state index contributed by atoms with van der Waals surface area (Å²) < 4.78 is 5.80. The van der Waals surface area contributed by atoms with Crippen LogP contribution in [0.3, 0.4) is 0 Å². The highest BCUT2D eigenvalue weighted by Gasteiger charge is 2.07. The fourth-order valence-electron chi connectivity index (χ4n) is 1.95. The summed E-state index contributed by atoms with van der Waals surface area (Å²) in [5.41, 5.74) is 8.61. The smallest absolute Gasteiger partial charge is 0.269 e. The van der Waals surface area contributed by atoms with Crippen LogP contribution in [-0.2, 0) is 13.2 Å². The third-order valence-corrected chi connectivity index (χ3v) is 3.04. The molecule has 5 nitrogen and oxygen atoms in total. The van der Waals surface area contributed by atoms with E-state index >= 15 is 0 Å². The minimum absolute atomic E-state index is 0.0762. The summed E-state index contributed by atoms with van der Waals surface area (Å²) in [6.07, 6.45) is 0. The van der Waals surface area contributed by atoms with Gasteiger partial charge in [0.25, 0.3) is 5.69 Å². The first-order valence-corrected chi connectivity index (χ1v) is 6.26. The number of nitro benzene ring substituents is 1. The van der Waals surface area contributed by atoms with Crippen LogP contribution in [0, 0.1) is 17.0 Å². The molecule has 0 saturated carbocycles. The number of aryl methyl sites for hydroxylation is 1. The van der Waals surface area contributed by atoms with E-state index in [1.807, 2.05) is 25.1 Å². The number of nitrogens with zero attached hydrogens (tertiary/aromatic N) is 1. The van der Waals surface area contributed by atoms with Crippen LogP contribution < -0.4 is 10.5 Å². The fraction of sp³-hybridized carbons (Fsp3) is 0.200. The van der Waals surface area contributed by atoms with Crippen molar-refractivity contribution in [3.05, 3.63) is 69.3 Å². The third kappa shape index (κ3) is 3.13. The lowest BCUT2D eigenvalue weighted by Gasteiger charge is -2.13. The van der Waals surface area contributed by atoms with E-state index in [9.17, 15) is 10.1 Å². The Morgan fingerprint density at radius 1 is 1.20 bits per heavy atom. The van der Waals surface area contributed by atoms with Gasteiger partial charge in [0.05, 0.1) is 4.92 Å². The zero-order valence-corrected chi connectivity index (χ0v) is 11.2. The Kier molecular flexibility index (Phi) is 4.32. The summed E-state index contributed by atoms with van der Waals surface area (Å²) in [5, 5.41) is 10.6. The molecule has 20 heavy (non-hydrogen) atoms. The second-order valence-electron chi connectivity index (χ2n) is 4.48. The molecule has 0 heterocycles. The molecule has 0 fully saturated rings. The van der Waals surface area contributed by atoms with Crippen molar-refractivity contribution in [1.29, 1.82) is 0 Å². The fourth-order valence-corrected chi connectivity index (χ4v) is 1.95. The largest absolute Gasteiger partial charge is 0.488 e. The summed E-state index contributed by atoms with van der Waals surface area (Å²) in [7, 11) is 0. The van der Waals surface area contributed by atoms with Gasteiger partial charge in [-0.2, -0.15) is 0 Å². The van der Waals surface area contributed by atoms with Crippen LogP contribution >= 0.6 is 0 Å². The monoisotopic (exact) mass is 272 g/mol. The standard InChI is InChI=1S/C15H16N2O3/c1-11-3-2-4-13(9-16)15(11)20-10-12-5-7-14(8-6-12)17(18)19/h2-8H,9-10,16H2,1H3. The number of rotatable bonds is 5. The summed E-state index contributed by atoms with van der Waals surface area (Å²) in [4.78, 5) is 10.2. The molecule has 0 aromatic heterocycles. The molecule has 2 rings (SSSR count). The van der Waals surface area contributed by atoms with Gasteiger partial charge in [-0.25, -0.2) is 0 Å². The number of nitrogens with two attached hydrogens (primary N) is 1. The molecule has 0 amide bonds. The van der Waals surface area contributed by atoms with Gasteiger partial charge < -0.3 is 10.5 Å². The van der Waals surface area contributed by atoms with Gasteiger partial charge in [0, 0.05) is 24.2 Å². The van der Waals surface area contributed by atoms with E-state index in [0.717, 1.165) is 22.4 Å². The second kappa shape index (κ2) is 6.16. The first-order valence-electron chi connectivity index (χ1n) is 6.26. The van der Waals surface area contributed by atoms with E-state index in [-0.39, 0.29) is 5.69 Å². The van der Waals surface area contributed by atoms with E-state index in [2.05, 4.69) is 0 Å². The van der Waals surface area contributed by atoms with E-state index in [1.54, 1.807) is 12.1 Å². The molecular weight excluding hydrogens is 256 g/mol. The highest BCUT2D eigenvalue weighted by Crippen LogP contribution is 2.24. The van der Waals surface area contributed by atoms with Crippen molar-refractivity contribution in [2.45, 2.75) is 20.1 Å². The van der Waals surface area contributed by atoms with Crippen LogP contribution in [0.2, 0.25) is 0 Å². The van der Waals surface area contributed by atoms with Crippen molar-refractivity contribution in [1.82, 2.24) is 0 Å². The van der Waals surface area contributed by atoms with Crippen molar-refractivity contribution < 1.29 is 9.66 Å². The Balaban J connectivity index is 2.11. The molecule has 5 heteroatoms. The van der Waals surface area contributed by atoms with Gasteiger partial charge in [0.15, 0.2) is 0 Å². The molecule has 0 atom stereocenters. The Labute approximate surface area is 117 Å². The molecule has 2 aromatic carbocycles. The third-order valence-electron chi connectivity index (χ3n) is 3.04. The highest BCUT2D eigenvalue weighted by atomic mass is 16.6. The summed E-state index contributed by atoms with van der Waals surface area (Å²) >= 11 is 0. The molecule has 0 unspecified atom stereocenters. The number of ether oxygens (including phenoxy) is 1. The molecule has 2 aromatic rings. The number of hydrogen-bond donors (Lipinski definition) is 1. The molecule has 2 N–H and O–H groups in total. The molecule has 0 radical (unpaired) electrons. The van der Waals surface area contributed by atoms with Gasteiger partial charge in [-0.1, -0.05) is 18.2 Å². The molecular formula is C15H16N2O3. The van der Waals surface area contributed by atoms with Crippen molar-refractivity contribution >= 4 is 5.69 Å². The van der Waals surface area contributed by atoms with Crippen LogP contribution in [0.5, 0.6) is 5.75 Å². The lowest BCUT2D eigenvalue weighted by Crippen LogP contribution is -2.04. The predicted octanol–water partition coefficient (Wildman–Crippen LogP) is 2.94. The van der Waals surface area contributed by atoms with Crippen molar-refractivity contribution in [2.75, 3.05) is 0 Å². The van der Waals surface area contributed by atoms with Crippen LogP contribution in [0.25, 0.3) is 0 Å². The minimum atomic E-state index is -0.418. The number of benzene rings is 2. The zero-order valence-electron chi connectivity index (χ0n) is 11.2. The molecule has 104 valence electrons. The maximum atomic E-state index is 10.6. The average molecular weight is 272 g/mol. The number of non-ortho nitro benzene ring substituents is 1. The van der Waals surface area contributed by atoms with Crippen molar-refractivity contribution in [3.8, 4) is 5.75 Å². The number of hydrogen-bond acceptors (Lipinski definition) is 4. The summed E-state index contributed by atoms with van der Waals surface area (Å²) in [6, 6.07) is 12.2. The topological polar surface area (TPSA) is 78.4 Å². The zero-order chi connectivity index (χ0) is 14.5. The molecule has 0 bridgehead atoms. The predicted molar refractivity (Wildman–Crippen MR) is 76.5 cm³/mol. The van der Waals surface area contributed by atoms with E-state index in [1.165, 1.54) is 12.1 Å². The van der Waals surface area contributed by atoms with Crippen molar-refractivity contribution in [3.63, 3.8) is 0 Å². The Hall–Kier alpha value is -2.40. The Morgan fingerprint density at radius 2 is 1.90 bits per heavy atom. The van der Waals surface area contributed by atoms with Gasteiger partial charge in [0.1, 0.15) is 12.4 Å². The van der Waals surface area contributed by atoms with E-state index in [0.29, 0.717) is 13.2 Å². The van der Waals surface area contributed by atoms with Crippen LogP contribution in [0.4, 0.5) is 5.69 Å². The summed E-state index contributed by atoms with van der Waals surface area (Å²) in [6.45, 7) is 2.73. The van der Waals surface area contributed by atoms with Gasteiger partial charge >= 0.3 is 0 Å². The number of nitro groups is 1. The number of para-hydroxylation sites is 1. The molecule has 0 aliphatic carbocycles. The maximum absolute atomic E-state index is 10.6. The molecule has 0 aliphatic heterocycles. The van der Waals surface area contributed by atoms with Gasteiger partial charge in [0.2, 0.25) is 0 Å². The van der Waals surface area contributed by atoms with Crippen molar-refractivity contribution in [2.24, 2.45) is 5.73 Å². The lowest BCUT2D eigenvalue weighted by atomic mass is 10.1. The van der Waals surface area contributed by atoms with Gasteiger partial charge in [-0.3, -0.25) is 10.1 Å². The molecule has 0 aliphatic rings. The SMILES string of the molecule is Cc1cccc(CN)c1OCc1ccc([N+](=O)[O-])cc1. The first kappa shape index (κ1) is 14.0. The molecule has 0 spiro atoms. The summed E-state index contributed by atoms with van der Waals surface area (Å²) in [5.74, 6) is 0.786. The maximum Gasteiger partial charge on any atom is 0.269 e. The average Bonchev–Trinajstić information content (AvgIpc) is 2.46. The Bertz CT molecular complexity index is 609. The minimum Gasteiger partial charge on any atom is -0.488 e. The van der Waals surface area contributed by atoms with Gasteiger partial charge in [-0.15, -0.1) is 0 Å². The van der Waals surface area contributed by atoms with Crippen LogP contribution in [0.15, 0.2) is 42.5 Å². The Morgan fingerprint density at radius 3 is 2.50 bits per heavy atom. The van der Waals surface area contributed by atoms with Crippen LogP contribution in [0.1, 0.15) is 16.7 Å². The van der Waals surface area contributed by atoms with E-state index in [4.69, 9.17) is 10.5 Å². The van der Waals surface area contributed by atoms with Gasteiger partial charge in [-0.05, 0) is 30.2 Å². The second-order valence-corrected chi connectivity index (χ2v) is 4.48. The normalized spacial score (nSPS) is 10.3. The first-order chi connectivity index (χ1) is 9.61. The lowest BCUT2D eigenvalue weighted by molar-refractivity contribution is -0.384. The quantitative estimate of drug-likeness (QED) is 0.670.